The van der Waals surface area contributed by atoms with Gasteiger partial charge in [0.1, 0.15) is 11.0 Å². The molecule has 0 aliphatic carbocycles. The summed E-state index contributed by atoms with van der Waals surface area (Å²) in [4.78, 5) is 21.3. The fourth-order valence-electron chi connectivity index (χ4n) is 3.18. The molecule has 7 nitrogen and oxygen atoms in total. The Morgan fingerprint density at radius 2 is 1.72 bits per heavy atom. The van der Waals surface area contributed by atoms with Gasteiger partial charge in [-0.3, -0.25) is 4.79 Å². The minimum absolute atomic E-state index is 0.227. The molecule has 0 spiro atoms. The Morgan fingerprint density at radius 1 is 0.938 bits per heavy atom. The lowest BCUT2D eigenvalue weighted by Crippen LogP contribution is -2.26. The van der Waals surface area contributed by atoms with Gasteiger partial charge in [-0.1, -0.05) is 59.8 Å². The number of thiazole rings is 1. The van der Waals surface area contributed by atoms with Gasteiger partial charge in [0.2, 0.25) is 11.7 Å². The van der Waals surface area contributed by atoms with Crippen LogP contribution in [-0.2, 0) is 0 Å². The van der Waals surface area contributed by atoms with Crippen LogP contribution in [0, 0.1) is 0 Å². The van der Waals surface area contributed by atoms with Crippen molar-refractivity contribution in [1.82, 2.24) is 20.4 Å². The number of aromatic nitrogens is 3. The Balaban J connectivity index is 1.29. The molecule has 0 aliphatic rings. The van der Waals surface area contributed by atoms with Crippen LogP contribution in [0.15, 0.2) is 87.3 Å². The van der Waals surface area contributed by atoms with Crippen LogP contribution in [0.4, 0.5) is 0 Å². The van der Waals surface area contributed by atoms with Crippen LogP contribution in [0.3, 0.4) is 0 Å². The number of hydrogen-bond acceptors (Lipinski definition) is 7. The third-order valence-electron chi connectivity index (χ3n) is 4.87. The Morgan fingerprint density at radius 3 is 2.47 bits per heavy atom. The second-order valence-corrected chi connectivity index (χ2v) is 7.97. The summed E-state index contributed by atoms with van der Waals surface area (Å²) in [6.07, 6.45) is 1.45. The van der Waals surface area contributed by atoms with Crippen LogP contribution < -0.4 is 5.32 Å². The molecule has 5 aromatic rings. The average Bonchev–Trinajstić information content (AvgIpc) is 3.61. The van der Waals surface area contributed by atoms with Gasteiger partial charge in [-0.05, 0) is 19.1 Å². The zero-order valence-corrected chi connectivity index (χ0v) is 17.9. The molecule has 0 aliphatic heterocycles. The van der Waals surface area contributed by atoms with Gasteiger partial charge in [-0.25, -0.2) is 4.98 Å². The Bertz CT molecular complexity index is 1330. The number of nitrogens with one attached hydrogen (secondary N) is 1. The van der Waals surface area contributed by atoms with E-state index in [4.69, 9.17) is 13.9 Å². The second kappa shape index (κ2) is 8.60. The summed E-state index contributed by atoms with van der Waals surface area (Å²) in [5, 5.41) is 9.86. The number of hydrogen-bond donors (Lipinski definition) is 1. The number of carbonyl (C=O) groups excluding carboxylic acids is 1. The fourth-order valence-corrected chi connectivity index (χ4v) is 4.01. The van der Waals surface area contributed by atoms with Crippen molar-refractivity contribution < 1.29 is 13.7 Å². The molecule has 5 rings (SSSR count). The maximum absolute atomic E-state index is 12.1. The van der Waals surface area contributed by atoms with Gasteiger partial charge < -0.3 is 14.3 Å². The Labute approximate surface area is 187 Å². The number of rotatable bonds is 6. The highest BCUT2D eigenvalue weighted by atomic mass is 32.1. The molecule has 32 heavy (non-hydrogen) atoms. The molecule has 158 valence electrons. The summed E-state index contributed by atoms with van der Waals surface area (Å²) in [7, 11) is 0. The summed E-state index contributed by atoms with van der Waals surface area (Å²) in [5.41, 5.74) is 3.85. The van der Waals surface area contributed by atoms with E-state index in [1.807, 2.05) is 47.8 Å². The number of nitrogens with zero attached hydrogens (tertiary/aromatic N) is 3. The van der Waals surface area contributed by atoms with E-state index in [-0.39, 0.29) is 11.7 Å². The topological polar surface area (TPSA) is 94.1 Å². The first kappa shape index (κ1) is 19.9. The molecule has 0 saturated carbocycles. The first-order valence-corrected chi connectivity index (χ1v) is 10.8. The van der Waals surface area contributed by atoms with Crippen molar-refractivity contribution in [3.8, 4) is 33.2 Å². The molecule has 1 N–H and O–H groups in total. The highest BCUT2D eigenvalue weighted by Gasteiger charge is 2.19. The largest absolute Gasteiger partial charge is 0.459 e. The van der Waals surface area contributed by atoms with Crippen LogP contribution in [-0.4, -0.2) is 21.0 Å². The van der Waals surface area contributed by atoms with Gasteiger partial charge in [0.25, 0.3) is 5.91 Å². The molecule has 0 radical (unpaired) electrons. The van der Waals surface area contributed by atoms with Crippen LogP contribution in [0.2, 0.25) is 0 Å². The highest BCUT2D eigenvalue weighted by molar-refractivity contribution is 7.13. The lowest BCUT2D eigenvalue weighted by atomic mass is 10.1. The third kappa shape index (κ3) is 4.08. The van der Waals surface area contributed by atoms with Gasteiger partial charge in [0, 0.05) is 22.1 Å². The standard InChI is InChI=1S/C24H18N4O3S/c1-15(25-22(29)20-8-5-13-30-20)23-27-21(28-31-23)17-11-9-16(10-12-17)19-14-32-24(26-19)18-6-3-2-4-7-18/h2-15H,1H3,(H,25,29)/t15-/m1/s1. The van der Waals surface area contributed by atoms with Crippen LogP contribution in [0.1, 0.15) is 29.4 Å². The average molecular weight is 443 g/mol. The van der Waals surface area contributed by atoms with Crippen molar-refractivity contribution >= 4 is 17.2 Å². The molecule has 0 bridgehead atoms. The summed E-state index contributed by atoms with van der Waals surface area (Å²) < 4.78 is 10.4. The molecule has 8 heteroatoms. The molecular formula is C24H18N4O3S. The smallest absolute Gasteiger partial charge is 0.287 e. The summed E-state index contributed by atoms with van der Waals surface area (Å²) in [6.45, 7) is 1.77. The van der Waals surface area contributed by atoms with Crippen LogP contribution in [0.25, 0.3) is 33.2 Å². The maximum Gasteiger partial charge on any atom is 0.287 e. The fraction of sp³-hybridized carbons (Fsp3) is 0.0833. The predicted octanol–water partition coefficient (Wildman–Crippen LogP) is 5.61. The van der Waals surface area contributed by atoms with E-state index in [0.29, 0.717) is 11.7 Å². The van der Waals surface area contributed by atoms with E-state index >= 15 is 0 Å². The van der Waals surface area contributed by atoms with Crippen molar-refractivity contribution in [3.05, 3.63) is 90.0 Å². The molecule has 2 aromatic carbocycles. The van der Waals surface area contributed by atoms with Crippen LogP contribution in [0.5, 0.6) is 0 Å². The molecular weight excluding hydrogens is 424 g/mol. The molecule has 3 heterocycles. The van der Waals surface area contributed by atoms with Crippen molar-refractivity contribution in [2.24, 2.45) is 0 Å². The number of amides is 1. The van der Waals surface area contributed by atoms with E-state index in [9.17, 15) is 4.79 Å². The van der Waals surface area contributed by atoms with Crippen molar-refractivity contribution in [2.75, 3.05) is 0 Å². The minimum atomic E-state index is -0.459. The van der Waals surface area contributed by atoms with E-state index in [0.717, 1.165) is 27.4 Å². The van der Waals surface area contributed by atoms with Gasteiger partial charge in [-0.2, -0.15) is 4.98 Å². The zero-order valence-electron chi connectivity index (χ0n) is 17.1. The van der Waals surface area contributed by atoms with Gasteiger partial charge >= 0.3 is 0 Å². The Kier molecular flexibility index (Phi) is 5.35. The number of carbonyl (C=O) groups is 1. The minimum Gasteiger partial charge on any atom is -0.459 e. The maximum atomic E-state index is 12.1. The molecule has 0 saturated heterocycles. The van der Waals surface area contributed by atoms with E-state index < -0.39 is 6.04 Å². The molecule has 1 atom stereocenters. The molecule has 0 unspecified atom stereocenters. The van der Waals surface area contributed by atoms with Crippen molar-refractivity contribution in [1.29, 1.82) is 0 Å². The summed E-state index contributed by atoms with van der Waals surface area (Å²) in [5.74, 6) is 0.652. The zero-order chi connectivity index (χ0) is 21.9. The molecule has 0 fully saturated rings. The Hall–Kier alpha value is -4.04. The lowest BCUT2D eigenvalue weighted by molar-refractivity contribution is 0.0904. The first-order chi connectivity index (χ1) is 15.7. The van der Waals surface area contributed by atoms with Crippen molar-refractivity contribution in [2.45, 2.75) is 13.0 Å². The van der Waals surface area contributed by atoms with E-state index in [1.54, 1.807) is 30.4 Å². The summed E-state index contributed by atoms with van der Waals surface area (Å²) in [6, 6.07) is 20.7. The quantitative estimate of drug-likeness (QED) is 0.367. The lowest BCUT2D eigenvalue weighted by Gasteiger charge is -2.07. The number of furan rings is 1. The summed E-state index contributed by atoms with van der Waals surface area (Å²) >= 11 is 1.62. The molecule has 1 amide bonds. The van der Waals surface area contributed by atoms with Gasteiger partial charge in [0.05, 0.1) is 12.0 Å². The van der Waals surface area contributed by atoms with E-state index in [2.05, 4.69) is 27.6 Å². The highest BCUT2D eigenvalue weighted by Crippen LogP contribution is 2.30. The second-order valence-electron chi connectivity index (χ2n) is 7.11. The number of benzene rings is 2. The third-order valence-corrected chi connectivity index (χ3v) is 5.76. The van der Waals surface area contributed by atoms with Gasteiger partial charge in [0.15, 0.2) is 5.76 Å². The van der Waals surface area contributed by atoms with Gasteiger partial charge in [-0.15, -0.1) is 11.3 Å². The monoisotopic (exact) mass is 442 g/mol. The normalized spacial score (nSPS) is 11.9. The van der Waals surface area contributed by atoms with Crippen molar-refractivity contribution in [3.63, 3.8) is 0 Å². The van der Waals surface area contributed by atoms with E-state index in [1.165, 1.54) is 6.26 Å². The SMILES string of the molecule is C[C@@H](NC(=O)c1ccco1)c1nc(-c2ccc(-c3csc(-c4ccccc4)n3)cc2)no1. The predicted molar refractivity (Wildman–Crippen MR) is 121 cm³/mol. The van der Waals surface area contributed by atoms with Crippen LogP contribution >= 0.6 is 11.3 Å². The first-order valence-electron chi connectivity index (χ1n) is 9.97. The molecule has 3 aromatic heterocycles.